The van der Waals surface area contributed by atoms with E-state index in [9.17, 15) is 0 Å². The maximum atomic E-state index is 4.46. The van der Waals surface area contributed by atoms with Gasteiger partial charge in [-0.1, -0.05) is 36.4 Å². The first kappa shape index (κ1) is 13.5. The second kappa shape index (κ2) is 6.28. The van der Waals surface area contributed by atoms with Gasteiger partial charge in [-0.3, -0.25) is 15.0 Å². The van der Waals surface area contributed by atoms with E-state index in [0.29, 0.717) is 6.54 Å². The van der Waals surface area contributed by atoms with Crippen LogP contribution in [0.3, 0.4) is 0 Å². The van der Waals surface area contributed by atoms with Gasteiger partial charge in [-0.25, -0.2) is 4.98 Å². The smallest absolute Gasteiger partial charge is 0.164 e. The first-order chi connectivity index (χ1) is 10.3. The Kier molecular flexibility index (Phi) is 4.02. The van der Waals surface area contributed by atoms with Crippen LogP contribution >= 0.6 is 0 Å². The Bertz CT molecular complexity index is 639. The van der Waals surface area contributed by atoms with Crippen LogP contribution in [0, 0.1) is 0 Å². The van der Waals surface area contributed by atoms with Gasteiger partial charge in [0.1, 0.15) is 6.33 Å². The minimum atomic E-state index is 0.0243. The predicted octanol–water partition coefficient (Wildman–Crippen LogP) is 2.09. The van der Waals surface area contributed by atoms with Gasteiger partial charge in [-0.15, -0.1) is 0 Å². The standard InChI is InChI=1S/C16H17N5/c1-21-12-19-15(20-21)11-18-16(13-7-3-2-4-8-13)14-9-5-6-10-17-14/h2-10,12,16,18H,11H2,1H3/t16-/m1/s1. The Balaban J connectivity index is 1.83. The Morgan fingerprint density at radius 1 is 1.05 bits per heavy atom. The lowest BCUT2D eigenvalue weighted by molar-refractivity contribution is 0.571. The van der Waals surface area contributed by atoms with Crippen molar-refractivity contribution >= 4 is 0 Å². The molecule has 0 bridgehead atoms. The van der Waals surface area contributed by atoms with E-state index in [1.54, 1.807) is 11.0 Å². The molecule has 0 aliphatic heterocycles. The van der Waals surface area contributed by atoms with Crippen molar-refractivity contribution in [3.63, 3.8) is 0 Å². The van der Waals surface area contributed by atoms with Gasteiger partial charge in [0.15, 0.2) is 5.82 Å². The third kappa shape index (κ3) is 3.32. The normalized spacial score (nSPS) is 12.2. The van der Waals surface area contributed by atoms with Crippen LogP contribution in [0.25, 0.3) is 0 Å². The summed E-state index contributed by atoms with van der Waals surface area (Å²) in [6.45, 7) is 0.594. The summed E-state index contributed by atoms with van der Waals surface area (Å²) in [5.41, 5.74) is 2.16. The third-order valence-electron chi connectivity index (χ3n) is 3.23. The van der Waals surface area contributed by atoms with Gasteiger partial charge in [0, 0.05) is 13.2 Å². The van der Waals surface area contributed by atoms with Crippen LogP contribution < -0.4 is 5.32 Å². The molecular formula is C16H17N5. The molecule has 0 saturated heterocycles. The molecule has 5 heteroatoms. The lowest BCUT2D eigenvalue weighted by atomic mass is 10.0. The molecule has 0 aliphatic rings. The molecule has 21 heavy (non-hydrogen) atoms. The highest BCUT2D eigenvalue weighted by Gasteiger charge is 2.15. The number of hydrogen-bond donors (Lipinski definition) is 1. The molecular weight excluding hydrogens is 262 g/mol. The van der Waals surface area contributed by atoms with Crippen LogP contribution in [0.1, 0.15) is 23.1 Å². The zero-order chi connectivity index (χ0) is 14.5. The molecule has 3 aromatic rings. The van der Waals surface area contributed by atoms with Gasteiger partial charge >= 0.3 is 0 Å². The Morgan fingerprint density at radius 3 is 2.52 bits per heavy atom. The van der Waals surface area contributed by atoms with Gasteiger partial charge in [0.2, 0.25) is 0 Å². The molecule has 0 fully saturated rings. The topological polar surface area (TPSA) is 55.6 Å². The molecule has 0 spiro atoms. The summed E-state index contributed by atoms with van der Waals surface area (Å²) in [7, 11) is 1.87. The van der Waals surface area contributed by atoms with E-state index in [2.05, 4.69) is 32.5 Å². The van der Waals surface area contributed by atoms with Crippen molar-refractivity contribution in [2.75, 3.05) is 0 Å². The minimum Gasteiger partial charge on any atom is -0.298 e. The van der Waals surface area contributed by atoms with Crippen LogP contribution in [0.15, 0.2) is 61.1 Å². The average Bonchev–Trinajstić information content (AvgIpc) is 2.95. The number of nitrogens with zero attached hydrogens (tertiary/aromatic N) is 4. The Morgan fingerprint density at radius 2 is 1.86 bits per heavy atom. The highest BCUT2D eigenvalue weighted by Crippen LogP contribution is 2.20. The zero-order valence-corrected chi connectivity index (χ0v) is 11.8. The monoisotopic (exact) mass is 279 g/mol. The summed E-state index contributed by atoms with van der Waals surface area (Å²) >= 11 is 0. The lowest BCUT2D eigenvalue weighted by Gasteiger charge is -2.18. The van der Waals surface area contributed by atoms with E-state index in [1.807, 2.05) is 49.6 Å². The SMILES string of the molecule is Cn1cnc(CN[C@H](c2ccccc2)c2ccccn2)n1. The average molecular weight is 279 g/mol. The van der Waals surface area contributed by atoms with Crippen molar-refractivity contribution in [2.24, 2.45) is 7.05 Å². The molecule has 0 aliphatic carbocycles. The number of nitrogens with one attached hydrogen (secondary N) is 1. The summed E-state index contributed by atoms with van der Waals surface area (Å²) in [4.78, 5) is 8.71. The second-order valence-corrected chi connectivity index (χ2v) is 4.81. The van der Waals surface area contributed by atoms with Crippen molar-refractivity contribution in [3.05, 3.63) is 78.1 Å². The second-order valence-electron chi connectivity index (χ2n) is 4.81. The van der Waals surface area contributed by atoms with E-state index in [4.69, 9.17) is 0 Å². The number of pyridine rings is 1. The maximum absolute atomic E-state index is 4.46. The zero-order valence-electron chi connectivity index (χ0n) is 11.8. The molecule has 1 aromatic carbocycles. The fourth-order valence-electron chi connectivity index (χ4n) is 2.24. The van der Waals surface area contributed by atoms with Crippen LogP contribution in [-0.4, -0.2) is 19.7 Å². The van der Waals surface area contributed by atoms with E-state index >= 15 is 0 Å². The van der Waals surface area contributed by atoms with Crippen LogP contribution in [-0.2, 0) is 13.6 Å². The number of aromatic nitrogens is 4. The Labute approximate surface area is 123 Å². The van der Waals surface area contributed by atoms with E-state index < -0.39 is 0 Å². The quantitative estimate of drug-likeness (QED) is 0.777. The van der Waals surface area contributed by atoms with Crippen molar-refractivity contribution in [2.45, 2.75) is 12.6 Å². The molecule has 2 heterocycles. The van der Waals surface area contributed by atoms with Crippen LogP contribution in [0.4, 0.5) is 0 Å². The third-order valence-corrected chi connectivity index (χ3v) is 3.23. The van der Waals surface area contributed by atoms with Gasteiger partial charge in [0.05, 0.1) is 18.3 Å². The molecule has 3 rings (SSSR count). The largest absolute Gasteiger partial charge is 0.298 e. The van der Waals surface area contributed by atoms with Crippen molar-refractivity contribution < 1.29 is 0 Å². The molecule has 1 N–H and O–H groups in total. The van der Waals surface area contributed by atoms with Crippen molar-refractivity contribution in [1.29, 1.82) is 0 Å². The summed E-state index contributed by atoms with van der Waals surface area (Å²) in [6, 6.07) is 16.2. The molecule has 0 unspecified atom stereocenters. The Hall–Kier alpha value is -2.53. The number of hydrogen-bond acceptors (Lipinski definition) is 4. The first-order valence-corrected chi connectivity index (χ1v) is 6.87. The van der Waals surface area contributed by atoms with Crippen molar-refractivity contribution in [1.82, 2.24) is 25.1 Å². The van der Waals surface area contributed by atoms with Gasteiger partial charge < -0.3 is 0 Å². The lowest BCUT2D eigenvalue weighted by Crippen LogP contribution is -2.23. The number of benzene rings is 1. The first-order valence-electron chi connectivity index (χ1n) is 6.87. The molecule has 2 aromatic heterocycles. The summed E-state index contributed by atoms with van der Waals surface area (Å²) in [6.07, 6.45) is 3.52. The molecule has 0 amide bonds. The summed E-state index contributed by atoms with van der Waals surface area (Å²) in [5, 5.41) is 7.77. The fourth-order valence-corrected chi connectivity index (χ4v) is 2.24. The van der Waals surface area contributed by atoms with Crippen LogP contribution in [0.2, 0.25) is 0 Å². The summed E-state index contributed by atoms with van der Waals surface area (Å²) in [5.74, 6) is 0.773. The molecule has 1 atom stereocenters. The van der Waals surface area contributed by atoms with Gasteiger partial charge in [0.25, 0.3) is 0 Å². The number of rotatable bonds is 5. The molecule has 106 valence electrons. The fraction of sp³-hybridized carbons (Fsp3) is 0.188. The summed E-state index contributed by atoms with van der Waals surface area (Å²) < 4.78 is 1.70. The van der Waals surface area contributed by atoms with Crippen LogP contribution in [0.5, 0.6) is 0 Å². The van der Waals surface area contributed by atoms with Gasteiger partial charge in [-0.05, 0) is 17.7 Å². The molecule has 0 radical (unpaired) electrons. The van der Waals surface area contributed by atoms with E-state index in [0.717, 1.165) is 11.5 Å². The maximum Gasteiger partial charge on any atom is 0.164 e. The molecule has 0 saturated carbocycles. The minimum absolute atomic E-state index is 0.0243. The molecule has 5 nitrogen and oxygen atoms in total. The van der Waals surface area contributed by atoms with Gasteiger partial charge in [-0.2, -0.15) is 5.10 Å². The highest BCUT2D eigenvalue weighted by molar-refractivity contribution is 5.27. The predicted molar refractivity (Wildman–Crippen MR) is 80.4 cm³/mol. The highest BCUT2D eigenvalue weighted by atomic mass is 15.3. The van der Waals surface area contributed by atoms with Crippen molar-refractivity contribution in [3.8, 4) is 0 Å². The van der Waals surface area contributed by atoms with E-state index in [-0.39, 0.29) is 6.04 Å². The van der Waals surface area contributed by atoms with E-state index in [1.165, 1.54) is 5.56 Å². The number of aryl methyl sites for hydroxylation is 1.